The number of phenols is 1. The quantitative estimate of drug-likeness (QED) is 0.427. The van der Waals surface area contributed by atoms with E-state index >= 15 is 0 Å². The topological polar surface area (TPSA) is 70.5 Å². The summed E-state index contributed by atoms with van der Waals surface area (Å²) < 4.78 is 13.1. The SMILES string of the molecule is CCC(=O)N(C)c1ccc(-c2ccc(C(=O)CCc3ccc(F)nc3C)cc2O)cc1. The maximum atomic E-state index is 13.1. The third-order valence-electron chi connectivity index (χ3n) is 5.34. The predicted molar refractivity (Wildman–Crippen MR) is 119 cm³/mol. The van der Waals surface area contributed by atoms with E-state index in [0.29, 0.717) is 29.7 Å². The lowest BCUT2D eigenvalue weighted by molar-refractivity contribution is -0.118. The lowest BCUT2D eigenvalue weighted by atomic mass is 9.98. The summed E-state index contributed by atoms with van der Waals surface area (Å²) >= 11 is 0. The molecule has 160 valence electrons. The van der Waals surface area contributed by atoms with E-state index in [9.17, 15) is 19.1 Å². The molecule has 0 saturated heterocycles. The lowest BCUT2D eigenvalue weighted by Gasteiger charge is -2.17. The number of phenolic OH excluding ortho intramolecular Hbond substituents is 1. The van der Waals surface area contributed by atoms with E-state index in [0.717, 1.165) is 16.8 Å². The first-order valence-electron chi connectivity index (χ1n) is 10.2. The predicted octanol–water partition coefficient (Wildman–Crippen LogP) is 5.09. The van der Waals surface area contributed by atoms with Crippen molar-refractivity contribution in [1.82, 2.24) is 4.98 Å². The molecule has 0 aliphatic carbocycles. The minimum atomic E-state index is -0.537. The molecule has 0 spiro atoms. The molecule has 0 aliphatic heterocycles. The first kappa shape index (κ1) is 22.2. The Hall–Kier alpha value is -3.54. The fourth-order valence-electron chi connectivity index (χ4n) is 3.41. The number of carbonyl (C=O) groups excluding carboxylic acids is 2. The molecule has 1 aromatic heterocycles. The maximum Gasteiger partial charge on any atom is 0.226 e. The van der Waals surface area contributed by atoms with Gasteiger partial charge in [-0.2, -0.15) is 4.39 Å². The number of aromatic hydroxyl groups is 1. The van der Waals surface area contributed by atoms with Gasteiger partial charge in [0, 0.05) is 42.4 Å². The van der Waals surface area contributed by atoms with Gasteiger partial charge in [-0.3, -0.25) is 9.59 Å². The van der Waals surface area contributed by atoms with Crippen molar-refractivity contribution in [2.24, 2.45) is 0 Å². The molecule has 1 heterocycles. The number of amides is 1. The van der Waals surface area contributed by atoms with E-state index in [1.54, 1.807) is 37.1 Å². The number of ketones is 1. The van der Waals surface area contributed by atoms with Crippen LogP contribution in [-0.2, 0) is 11.2 Å². The van der Waals surface area contributed by atoms with Crippen molar-refractivity contribution in [2.75, 3.05) is 11.9 Å². The van der Waals surface area contributed by atoms with Crippen LogP contribution in [0.15, 0.2) is 54.6 Å². The molecule has 0 unspecified atom stereocenters. The van der Waals surface area contributed by atoms with Gasteiger partial charge in [-0.15, -0.1) is 0 Å². The average molecular weight is 420 g/mol. The Morgan fingerprint density at radius 3 is 2.39 bits per heavy atom. The van der Waals surface area contributed by atoms with Crippen LogP contribution in [-0.4, -0.2) is 28.8 Å². The van der Waals surface area contributed by atoms with Crippen molar-refractivity contribution >= 4 is 17.4 Å². The van der Waals surface area contributed by atoms with Crippen LogP contribution < -0.4 is 4.90 Å². The molecule has 2 aromatic carbocycles. The van der Waals surface area contributed by atoms with Gasteiger partial charge in [-0.05, 0) is 54.8 Å². The van der Waals surface area contributed by atoms with E-state index in [4.69, 9.17) is 0 Å². The van der Waals surface area contributed by atoms with Crippen molar-refractivity contribution in [3.05, 3.63) is 77.4 Å². The second kappa shape index (κ2) is 9.51. The van der Waals surface area contributed by atoms with Gasteiger partial charge in [-0.25, -0.2) is 4.98 Å². The van der Waals surface area contributed by atoms with E-state index < -0.39 is 5.95 Å². The number of aromatic nitrogens is 1. The number of carbonyl (C=O) groups is 2. The van der Waals surface area contributed by atoms with Crippen LogP contribution in [0.5, 0.6) is 5.75 Å². The molecule has 0 bridgehead atoms. The minimum Gasteiger partial charge on any atom is -0.507 e. The number of benzene rings is 2. The monoisotopic (exact) mass is 420 g/mol. The smallest absolute Gasteiger partial charge is 0.226 e. The number of Topliss-reactive ketones (excluding diaryl/α,β-unsaturated/α-hetero) is 1. The summed E-state index contributed by atoms with van der Waals surface area (Å²) in [6.45, 7) is 3.52. The van der Waals surface area contributed by atoms with Gasteiger partial charge in [0.25, 0.3) is 0 Å². The Labute approximate surface area is 181 Å². The van der Waals surface area contributed by atoms with Crippen LogP contribution in [0.1, 0.15) is 41.4 Å². The van der Waals surface area contributed by atoms with Gasteiger partial charge < -0.3 is 10.0 Å². The highest BCUT2D eigenvalue weighted by atomic mass is 19.1. The van der Waals surface area contributed by atoms with E-state index in [1.807, 2.05) is 31.2 Å². The molecule has 5 nitrogen and oxygen atoms in total. The second-order valence-electron chi connectivity index (χ2n) is 7.39. The summed E-state index contributed by atoms with van der Waals surface area (Å²) in [4.78, 5) is 29.8. The van der Waals surface area contributed by atoms with Crippen molar-refractivity contribution < 1.29 is 19.1 Å². The van der Waals surface area contributed by atoms with E-state index in [1.165, 1.54) is 12.1 Å². The number of hydrogen-bond donors (Lipinski definition) is 1. The standard InChI is InChI=1S/C25H25FN2O3/c1-4-25(31)28(3)20-10-5-18(6-11-20)21-12-7-19(15-23(21)30)22(29)13-8-17-9-14-24(26)27-16(17)2/h5-7,9-12,14-15,30H,4,8,13H2,1-3H3. The second-order valence-corrected chi connectivity index (χ2v) is 7.39. The Morgan fingerprint density at radius 1 is 1.06 bits per heavy atom. The van der Waals surface area contributed by atoms with E-state index in [-0.39, 0.29) is 23.9 Å². The van der Waals surface area contributed by atoms with Gasteiger partial charge in [0.05, 0.1) is 0 Å². The number of anilines is 1. The van der Waals surface area contributed by atoms with Crippen LogP contribution in [0, 0.1) is 12.9 Å². The summed E-state index contributed by atoms with van der Waals surface area (Å²) in [6.07, 6.45) is 1.11. The number of hydrogen-bond acceptors (Lipinski definition) is 4. The molecule has 3 rings (SSSR count). The fourth-order valence-corrected chi connectivity index (χ4v) is 3.41. The maximum absolute atomic E-state index is 13.1. The highest BCUT2D eigenvalue weighted by molar-refractivity contribution is 5.97. The first-order valence-corrected chi connectivity index (χ1v) is 10.2. The zero-order chi connectivity index (χ0) is 22.5. The molecule has 3 aromatic rings. The molecule has 31 heavy (non-hydrogen) atoms. The normalized spacial score (nSPS) is 10.7. The molecule has 6 heteroatoms. The van der Waals surface area contributed by atoms with Crippen LogP contribution >= 0.6 is 0 Å². The summed E-state index contributed by atoms with van der Waals surface area (Å²) in [5.74, 6) is -0.619. The number of halogens is 1. The summed E-state index contributed by atoms with van der Waals surface area (Å²) in [6, 6.07) is 15.1. The molecule has 0 aliphatic rings. The van der Waals surface area contributed by atoms with Crippen molar-refractivity contribution in [1.29, 1.82) is 0 Å². The number of aryl methyl sites for hydroxylation is 2. The number of nitrogens with zero attached hydrogens (tertiary/aromatic N) is 2. The first-order chi connectivity index (χ1) is 14.8. The zero-order valence-electron chi connectivity index (χ0n) is 17.9. The summed E-state index contributed by atoms with van der Waals surface area (Å²) in [7, 11) is 1.72. The molecule has 1 N–H and O–H groups in total. The van der Waals surface area contributed by atoms with Crippen molar-refractivity contribution in [3.8, 4) is 16.9 Å². The zero-order valence-corrected chi connectivity index (χ0v) is 17.9. The minimum absolute atomic E-state index is 0.0104. The van der Waals surface area contributed by atoms with Crippen LogP contribution in [0.25, 0.3) is 11.1 Å². The van der Waals surface area contributed by atoms with Crippen molar-refractivity contribution in [3.63, 3.8) is 0 Å². The van der Waals surface area contributed by atoms with Gasteiger partial charge >= 0.3 is 0 Å². The van der Waals surface area contributed by atoms with Crippen LogP contribution in [0.2, 0.25) is 0 Å². The molecule has 0 radical (unpaired) electrons. The van der Waals surface area contributed by atoms with Crippen LogP contribution in [0.3, 0.4) is 0 Å². The van der Waals surface area contributed by atoms with E-state index in [2.05, 4.69) is 4.98 Å². The third-order valence-corrected chi connectivity index (χ3v) is 5.34. The van der Waals surface area contributed by atoms with Crippen LogP contribution in [0.4, 0.5) is 10.1 Å². The van der Waals surface area contributed by atoms with Gasteiger partial charge in [-0.1, -0.05) is 31.2 Å². The Bertz CT molecular complexity index is 1110. The highest BCUT2D eigenvalue weighted by Gasteiger charge is 2.13. The Kier molecular flexibility index (Phi) is 6.80. The highest BCUT2D eigenvalue weighted by Crippen LogP contribution is 2.31. The Balaban J connectivity index is 1.72. The fraction of sp³-hybridized carbons (Fsp3) is 0.240. The number of pyridine rings is 1. The molecular formula is C25H25FN2O3. The lowest BCUT2D eigenvalue weighted by Crippen LogP contribution is -2.24. The Morgan fingerprint density at radius 2 is 1.77 bits per heavy atom. The molecule has 0 saturated carbocycles. The van der Waals surface area contributed by atoms with Crippen molar-refractivity contribution in [2.45, 2.75) is 33.1 Å². The largest absolute Gasteiger partial charge is 0.507 e. The molecular weight excluding hydrogens is 395 g/mol. The molecule has 0 fully saturated rings. The summed E-state index contributed by atoms with van der Waals surface area (Å²) in [5.41, 5.74) is 3.96. The molecule has 1 amide bonds. The number of rotatable bonds is 7. The van der Waals surface area contributed by atoms with Gasteiger partial charge in [0.2, 0.25) is 11.9 Å². The summed E-state index contributed by atoms with van der Waals surface area (Å²) in [5, 5.41) is 10.5. The average Bonchev–Trinajstić information content (AvgIpc) is 2.77. The van der Waals surface area contributed by atoms with Gasteiger partial charge in [0.1, 0.15) is 5.75 Å². The van der Waals surface area contributed by atoms with Gasteiger partial charge in [0.15, 0.2) is 5.78 Å². The molecule has 0 atom stereocenters. The third kappa shape index (κ3) is 5.15.